The Morgan fingerprint density at radius 1 is 1.63 bits per heavy atom. The van der Waals surface area contributed by atoms with Gasteiger partial charge in [-0.2, -0.15) is 5.10 Å². The van der Waals surface area contributed by atoms with Gasteiger partial charge in [-0.3, -0.25) is 9.48 Å². The minimum Gasteiger partial charge on any atom is -0.411 e. The number of aromatic nitrogens is 2. The number of amides is 1. The second-order valence-electron chi connectivity index (χ2n) is 5.00. The van der Waals surface area contributed by atoms with Crippen molar-refractivity contribution in [1.82, 2.24) is 14.7 Å². The van der Waals surface area contributed by atoms with E-state index in [1.54, 1.807) is 10.9 Å². The van der Waals surface area contributed by atoms with Gasteiger partial charge in [0.25, 0.3) is 5.91 Å². The number of aryl methyl sites for hydroxylation is 2. The maximum Gasteiger partial charge on any atom is 0.257 e. The van der Waals surface area contributed by atoms with Crippen LogP contribution in [0.2, 0.25) is 0 Å². The standard InChI is InChI=1S/C13H20N4O2/c1-4-10-7-17(6-5-12(10)15-19)13(18)11-8-16(3)14-9(11)2/h8,10,19H,4-7H2,1-3H3. The predicted molar refractivity (Wildman–Crippen MR) is 71.5 cm³/mol. The summed E-state index contributed by atoms with van der Waals surface area (Å²) in [4.78, 5) is 14.3. The van der Waals surface area contributed by atoms with Gasteiger partial charge in [0.15, 0.2) is 0 Å². The Hall–Kier alpha value is -1.85. The third kappa shape index (κ3) is 2.62. The van der Waals surface area contributed by atoms with E-state index in [-0.39, 0.29) is 11.8 Å². The highest BCUT2D eigenvalue weighted by Crippen LogP contribution is 2.20. The van der Waals surface area contributed by atoms with E-state index in [1.165, 1.54) is 0 Å². The van der Waals surface area contributed by atoms with E-state index < -0.39 is 0 Å². The molecule has 1 saturated heterocycles. The molecular formula is C13H20N4O2. The molecule has 1 N–H and O–H groups in total. The second kappa shape index (κ2) is 5.42. The molecule has 0 bridgehead atoms. The normalized spacial score (nSPS) is 21.9. The van der Waals surface area contributed by atoms with Crippen molar-refractivity contribution in [3.8, 4) is 0 Å². The molecule has 6 heteroatoms. The van der Waals surface area contributed by atoms with Crippen LogP contribution >= 0.6 is 0 Å². The monoisotopic (exact) mass is 264 g/mol. The zero-order valence-electron chi connectivity index (χ0n) is 11.6. The molecule has 19 heavy (non-hydrogen) atoms. The van der Waals surface area contributed by atoms with E-state index in [0.29, 0.717) is 25.1 Å². The van der Waals surface area contributed by atoms with Crippen molar-refractivity contribution in [2.24, 2.45) is 18.1 Å². The zero-order valence-corrected chi connectivity index (χ0v) is 11.6. The lowest BCUT2D eigenvalue weighted by molar-refractivity contribution is 0.0728. The van der Waals surface area contributed by atoms with Gasteiger partial charge in [0.1, 0.15) is 0 Å². The summed E-state index contributed by atoms with van der Waals surface area (Å²) < 4.78 is 1.66. The van der Waals surface area contributed by atoms with Gasteiger partial charge >= 0.3 is 0 Å². The number of carbonyl (C=O) groups is 1. The van der Waals surface area contributed by atoms with Crippen LogP contribution in [0, 0.1) is 12.8 Å². The molecule has 1 unspecified atom stereocenters. The van der Waals surface area contributed by atoms with Crippen LogP contribution in [-0.2, 0) is 7.05 Å². The van der Waals surface area contributed by atoms with Crippen LogP contribution in [0.5, 0.6) is 0 Å². The molecule has 1 aromatic rings. The summed E-state index contributed by atoms with van der Waals surface area (Å²) >= 11 is 0. The van der Waals surface area contributed by atoms with Gasteiger partial charge < -0.3 is 10.1 Å². The van der Waals surface area contributed by atoms with Crippen LogP contribution in [0.25, 0.3) is 0 Å². The molecule has 1 amide bonds. The van der Waals surface area contributed by atoms with Crippen molar-refractivity contribution >= 4 is 11.6 Å². The lowest BCUT2D eigenvalue weighted by Gasteiger charge is -2.32. The first-order valence-electron chi connectivity index (χ1n) is 6.57. The first-order valence-corrected chi connectivity index (χ1v) is 6.57. The van der Waals surface area contributed by atoms with Crippen molar-refractivity contribution in [3.05, 3.63) is 17.5 Å². The van der Waals surface area contributed by atoms with E-state index in [1.807, 2.05) is 25.8 Å². The molecule has 0 spiro atoms. The van der Waals surface area contributed by atoms with Crippen LogP contribution in [0.15, 0.2) is 11.4 Å². The second-order valence-corrected chi connectivity index (χ2v) is 5.00. The molecule has 1 aromatic heterocycles. The van der Waals surface area contributed by atoms with Gasteiger partial charge in [-0.05, 0) is 13.3 Å². The fraction of sp³-hybridized carbons (Fsp3) is 0.615. The van der Waals surface area contributed by atoms with E-state index in [2.05, 4.69) is 10.3 Å². The van der Waals surface area contributed by atoms with Gasteiger partial charge in [-0.1, -0.05) is 12.1 Å². The van der Waals surface area contributed by atoms with Crippen LogP contribution in [0.1, 0.15) is 35.8 Å². The highest BCUT2D eigenvalue weighted by Gasteiger charge is 2.29. The van der Waals surface area contributed by atoms with Crippen LogP contribution < -0.4 is 0 Å². The lowest BCUT2D eigenvalue weighted by Crippen LogP contribution is -2.44. The van der Waals surface area contributed by atoms with E-state index in [0.717, 1.165) is 17.8 Å². The lowest BCUT2D eigenvalue weighted by atomic mass is 9.93. The van der Waals surface area contributed by atoms with E-state index in [4.69, 9.17) is 5.21 Å². The molecule has 0 radical (unpaired) electrons. The number of likely N-dealkylation sites (tertiary alicyclic amines) is 1. The number of carbonyl (C=O) groups excluding carboxylic acids is 1. The Morgan fingerprint density at radius 3 is 2.89 bits per heavy atom. The topological polar surface area (TPSA) is 70.7 Å². The molecule has 6 nitrogen and oxygen atoms in total. The highest BCUT2D eigenvalue weighted by molar-refractivity contribution is 5.97. The zero-order chi connectivity index (χ0) is 14.0. The Labute approximate surface area is 112 Å². The molecule has 1 aliphatic rings. The number of hydrogen-bond acceptors (Lipinski definition) is 4. The van der Waals surface area contributed by atoms with Gasteiger partial charge in [-0.25, -0.2) is 0 Å². The van der Waals surface area contributed by atoms with Gasteiger partial charge in [0.05, 0.1) is 17.0 Å². The number of hydrogen-bond donors (Lipinski definition) is 1. The van der Waals surface area contributed by atoms with E-state index >= 15 is 0 Å². The highest BCUT2D eigenvalue weighted by atomic mass is 16.4. The van der Waals surface area contributed by atoms with Crippen molar-refractivity contribution < 1.29 is 10.0 Å². The predicted octanol–water partition coefficient (Wildman–Crippen LogP) is 1.43. The number of nitrogens with zero attached hydrogens (tertiary/aromatic N) is 4. The maximum absolute atomic E-state index is 12.5. The summed E-state index contributed by atoms with van der Waals surface area (Å²) in [6.07, 6.45) is 3.27. The third-order valence-electron chi connectivity index (χ3n) is 3.70. The van der Waals surface area contributed by atoms with Crippen molar-refractivity contribution in [1.29, 1.82) is 0 Å². The molecule has 0 aliphatic carbocycles. The molecule has 2 rings (SSSR count). The van der Waals surface area contributed by atoms with E-state index in [9.17, 15) is 4.79 Å². The summed E-state index contributed by atoms with van der Waals surface area (Å²) in [5.74, 6) is 0.167. The molecule has 0 saturated carbocycles. The average molecular weight is 264 g/mol. The summed E-state index contributed by atoms with van der Waals surface area (Å²) in [6.45, 7) is 5.10. The Kier molecular flexibility index (Phi) is 3.87. The largest absolute Gasteiger partial charge is 0.411 e. The fourth-order valence-electron chi connectivity index (χ4n) is 2.58. The van der Waals surface area contributed by atoms with Crippen LogP contribution in [-0.4, -0.2) is 44.6 Å². The number of piperidine rings is 1. The van der Waals surface area contributed by atoms with Crippen molar-refractivity contribution in [3.63, 3.8) is 0 Å². The first kappa shape index (κ1) is 13.6. The molecule has 1 atom stereocenters. The summed E-state index contributed by atoms with van der Waals surface area (Å²) in [7, 11) is 1.81. The minimum absolute atomic E-state index is 0.0149. The van der Waals surface area contributed by atoms with Crippen molar-refractivity contribution in [2.45, 2.75) is 26.7 Å². The number of rotatable bonds is 2. The fourth-order valence-corrected chi connectivity index (χ4v) is 2.58. The van der Waals surface area contributed by atoms with Crippen molar-refractivity contribution in [2.75, 3.05) is 13.1 Å². The smallest absolute Gasteiger partial charge is 0.257 e. The molecule has 104 valence electrons. The SMILES string of the molecule is CCC1CN(C(=O)c2cn(C)nc2C)CCC1=NO. The van der Waals surface area contributed by atoms with Crippen LogP contribution in [0.4, 0.5) is 0 Å². The molecule has 0 aromatic carbocycles. The summed E-state index contributed by atoms with van der Waals surface area (Å²) in [5.41, 5.74) is 2.21. The van der Waals surface area contributed by atoms with Gasteiger partial charge in [-0.15, -0.1) is 0 Å². The van der Waals surface area contributed by atoms with Gasteiger partial charge in [0.2, 0.25) is 0 Å². The van der Waals surface area contributed by atoms with Gasteiger partial charge in [0, 0.05) is 38.7 Å². The Morgan fingerprint density at radius 2 is 2.37 bits per heavy atom. The minimum atomic E-state index is 0.0149. The molecular weight excluding hydrogens is 244 g/mol. The molecule has 1 fully saturated rings. The Bertz CT molecular complexity index is 507. The quantitative estimate of drug-likeness (QED) is 0.649. The van der Waals surface area contributed by atoms with Crippen LogP contribution in [0.3, 0.4) is 0 Å². The first-order chi connectivity index (χ1) is 9.06. The summed E-state index contributed by atoms with van der Waals surface area (Å²) in [5, 5.41) is 16.5. The maximum atomic E-state index is 12.5. The molecule has 1 aliphatic heterocycles. The average Bonchev–Trinajstić information content (AvgIpc) is 2.76. The number of oxime groups is 1. The third-order valence-corrected chi connectivity index (χ3v) is 3.70. The molecule has 2 heterocycles. The Balaban J connectivity index is 2.15. The summed E-state index contributed by atoms with van der Waals surface area (Å²) in [6, 6.07) is 0.